The van der Waals surface area contributed by atoms with Gasteiger partial charge < -0.3 is 20.1 Å². The van der Waals surface area contributed by atoms with Gasteiger partial charge in [0.1, 0.15) is 6.54 Å². The fraction of sp³-hybridized carbons (Fsp3) is 0.226. The predicted molar refractivity (Wildman–Crippen MR) is 160 cm³/mol. The third-order valence-corrected chi connectivity index (χ3v) is 7.00. The quantitative estimate of drug-likeness (QED) is 0.299. The van der Waals surface area contributed by atoms with Crippen molar-refractivity contribution in [3.63, 3.8) is 0 Å². The number of benzene rings is 3. The fourth-order valence-corrected chi connectivity index (χ4v) is 4.89. The minimum absolute atomic E-state index is 0.183. The van der Waals surface area contributed by atoms with E-state index in [0.717, 1.165) is 33.4 Å². The lowest BCUT2D eigenvalue weighted by Crippen LogP contribution is -2.36. The second kappa shape index (κ2) is 13.2. The number of hydrogen-bond donors (Lipinski definition) is 2. The molecular weight excluding hydrogens is 542 g/mol. The number of nitrogens with zero attached hydrogens (tertiary/aromatic N) is 1. The Hall–Kier alpha value is -4.57. The van der Waals surface area contributed by atoms with Gasteiger partial charge in [-0.2, -0.15) is 0 Å². The van der Waals surface area contributed by atoms with Gasteiger partial charge in [0.15, 0.2) is 18.1 Å². The summed E-state index contributed by atoms with van der Waals surface area (Å²) in [5.41, 5.74) is 4.92. The Kier molecular flexibility index (Phi) is 9.46. The van der Waals surface area contributed by atoms with E-state index < -0.39 is 23.6 Å². The van der Waals surface area contributed by atoms with Gasteiger partial charge in [0.05, 0.1) is 11.5 Å². The number of rotatable bonds is 10. The molecule has 2 N–H and O–H groups in total. The standard InChI is InChI=1S/C31H31N3O6S/c1-5-39-26-15-22(9-13-25(26)40-18-29(36)32-23-10-6-19(2)7-11-23)16-27-30(37)34(31(38)41-27)17-28(35)33-24-12-8-20(3)14-21(24)4/h6-16H,5,17-18H2,1-4H3,(H,32,36)(H,33,35)/b27-16-. The summed E-state index contributed by atoms with van der Waals surface area (Å²) in [6.45, 7) is 7.34. The highest BCUT2D eigenvalue weighted by atomic mass is 32.2. The molecule has 9 nitrogen and oxygen atoms in total. The number of carbonyl (C=O) groups excluding carboxylic acids is 4. The Bertz CT molecular complexity index is 1520. The van der Waals surface area contributed by atoms with Crippen LogP contribution in [0.5, 0.6) is 11.5 Å². The van der Waals surface area contributed by atoms with E-state index in [9.17, 15) is 19.2 Å². The average Bonchev–Trinajstić information content (AvgIpc) is 3.18. The topological polar surface area (TPSA) is 114 Å². The number of carbonyl (C=O) groups is 4. The number of hydrogen-bond acceptors (Lipinski definition) is 7. The highest BCUT2D eigenvalue weighted by Crippen LogP contribution is 2.35. The minimum atomic E-state index is -0.554. The summed E-state index contributed by atoms with van der Waals surface area (Å²) >= 11 is 0.763. The van der Waals surface area contributed by atoms with Crippen LogP contribution in [0.15, 0.2) is 65.6 Å². The maximum absolute atomic E-state index is 13.0. The van der Waals surface area contributed by atoms with Gasteiger partial charge in [0, 0.05) is 11.4 Å². The van der Waals surface area contributed by atoms with Crippen LogP contribution in [0.2, 0.25) is 0 Å². The summed E-state index contributed by atoms with van der Waals surface area (Å²) in [5, 5.41) is 5.01. The van der Waals surface area contributed by atoms with Crippen molar-refractivity contribution in [1.29, 1.82) is 0 Å². The maximum Gasteiger partial charge on any atom is 0.294 e. The van der Waals surface area contributed by atoms with E-state index in [0.29, 0.717) is 35.0 Å². The van der Waals surface area contributed by atoms with Crippen LogP contribution >= 0.6 is 11.8 Å². The van der Waals surface area contributed by atoms with E-state index >= 15 is 0 Å². The smallest absolute Gasteiger partial charge is 0.294 e. The van der Waals surface area contributed by atoms with Crippen molar-refractivity contribution in [2.75, 3.05) is 30.4 Å². The van der Waals surface area contributed by atoms with Crippen molar-refractivity contribution in [1.82, 2.24) is 4.90 Å². The monoisotopic (exact) mass is 573 g/mol. The van der Waals surface area contributed by atoms with Crippen molar-refractivity contribution in [2.45, 2.75) is 27.7 Å². The Labute approximate surface area is 242 Å². The summed E-state index contributed by atoms with van der Waals surface area (Å²) in [6.07, 6.45) is 1.56. The molecule has 1 aliphatic heterocycles. The van der Waals surface area contributed by atoms with Crippen LogP contribution in [0, 0.1) is 20.8 Å². The number of ether oxygens (including phenoxy) is 2. The van der Waals surface area contributed by atoms with Crippen molar-refractivity contribution in [2.24, 2.45) is 0 Å². The fourth-order valence-electron chi connectivity index (χ4n) is 4.05. The molecule has 1 saturated heterocycles. The van der Waals surface area contributed by atoms with Gasteiger partial charge >= 0.3 is 0 Å². The van der Waals surface area contributed by atoms with Crippen LogP contribution in [-0.2, 0) is 14.4 Å². The second-order valence-electron chi connectivity index (χ2n) is 9.48. The molecule has 4 amide bonds. The van der Waals surface area contributed by atoms with Crippen molar-refractivity contribution in [3.05, 3.63) is 87.8 Å². The first-order valence-electron chi connectivity index (χ1n) is 13.0. The SMILES string of the molecule is CCOc1cc(/C=C2\SC(=O)N(CC(=O)Nc3ccc(C)cc3C)C2=O)ccc1OCC(=O)Nc1ccc(C)cc1. The molecule has 10 heteroatoms. The average molecular weight is 574 g/mol. The Morgan fingerprint density at radius 1 is 0.854 bits per heavy atom. The van der Waals surface area contributed by atoms with Gasteiger partial charge in [-0.1, -0.05) is 41.5 Å². The number of aryl methyl sites for hydroxylation is 3. The van der Waals surface area contributed by atoms with Gasteiger partial charge in [0.25, 0.3) is 17.1 Å². The van der Waals surface area contributed by atoms with E-state index in [1.54, 1.807) is 30.3 Å². The van der Waals surface area contributed by atoms with Crippen molar-refractivity contribution in [3.8, 4) is 11.5 Å². The number of imide groups is 1. The summed E-state index contributed by atoms with van der Waals surface area (Å²) in [5.74, 6) is -0.597. The molecule has 0 saturated carbocycles. The van der Waals surface area contributed by atoms with E-state index in [1.807, 2.05) is 64.1 Å². The largest absolute Gasteiger partial charge is 0.490 e. The van der Waals surface area contributed by atoms with Gasteiger partial charge in [0.2, 0.25) is 5.91 Å². The number of nitrogens with one attached hydrogen (secondary N) is 2. The molecule has 1 aliphatic rings. The normalized spacial score (nSPS) is 13.9. The zero-order valence-corrected chi connectivity index (χ0v) is 24.1. The number of anilines is 2. The Balaban J connectivity index is 1.40. The molecule has 0 radical (unpaired) electrons. The first-order valence-corrected chi connectivity index (χ1v) is 13.8. The summed E-state index contributed by atoms with van der Waals surface area (Å²) in [7, 11) is 0. The lowest BCUT2D eigenvalue weighted by atomic mass is 10.1. The first kappa shape index (κ1) is 29.4. The van der Waals surface area contributed by atoms with Crippen LogP contribution in [0.25, 0.3) is 6.08 Å². The summed E-state index contributed by atoms with van der Waals surface area (Å²) in [6, 6.07) is 18.0. The van der Waals surface area contributed by atoms with Crippen LogP contribution < -0.4 is 20.1 Å². The number of thioether (sulfide) groups is 1. The molecule has 0 bridgehead atoms. The third kappa shape index (κ3) is 7.76. The highest BCUT2D eigenvalue weighted by Gasteiger charge is 2.36. The lowest BCUT2D eigenvalue weighted by molar-refractivity contribution is -0.127. The minimum Gasteiger partial charge on any atom is -0.490 e. The molecular formula is C31H31N3O6S. The van der Waals surface area contributed by atoms with Crippen LogP contribution in [-0.4, -0.2) is 47.6 Å². The highest BCUT2D eigenvalue weighted by molar-refractivity contribution is 8.18. The Morgan fingerprint density at radius 2 is 1.59 bits per heavy atom. The van der Waals surface area contributed by atoms with E-state index in [1.165, 1.54) is 0 Å². The zero-order valence-electron chi connectivity index (χ0n) is 23.3. The molecule has 1 heterocycles. The van der Waals surface area contributed by atoms with Crippen LogP contribution in [0.1, 0.15) is 29.2 Å². The molecule has 212 valence electrons. The molecule has 41 heavy (non-hydrogen) atoms. The molecule has 0 aliphatic carbocycles. The molecule has 3 aromatic carbocycles. The summed E-state index contributed by atoms with van der Waals surface area (Å²) < 4.78 is 11.4. The van der Waals surface area contributed by atoms with Gasteiger partial charge in [-0.25, -0.2) is 0 Å². The lowest BCUT2D eigenvalue weighted by Gasteiger charge is -2.14. The van der Waals surface area contributed by atoms with Crippen molar-refractivity contribution >= 4 is 52.2 Å². The van der Waals surface area contributed by atoms with Gasteiger partial charge in [-0.3, -0.25) is 24.1 Å². The molecule has 4 rings (SSSR count). The second-order valence-corrected chi connectivity index (χ2v) is 10.5. The Morgan fingerprint density at radius 3 is 2.29 bits per heavy atom. The van der Waals surface area contributed by atoms with E-state index in [2.05, 4.69) is 10.6 Å². The van der Waals surface area contributed by atoms with E-state index in [-0.39, 0.29) is 17.4 Å². The van der Waals surface area contributed by atoms with Gasteiger partial charge in [-0.15, -0.1) is 0 Å². The maximum atomic E-state index is 13.0. The van der Waals surface area contributed by atoms with Crippen molar-refractivity contribution < 1.29 is 28.7 Å². The predicted octanol–water partition coefficient (Wildman–Crippen LogP) is 5.70. The van der Waals surface area contributed by atoms with Crippen LogP contribution in [0.4, 0.5) is 16.2 Å². The van der Waals surface area contributed by atoms with Gasteiger partial charge in [-0.05, 0) is 87.0 Å². The molecule has 1 fully saturated rings. The number of amides is 4. The first-order chi connectivity index (χ1) is 19.6. The zero-order chi connectivity index (χ0) is 29.5. The molecule has 0 unspecified atom stereocenters. The molecule has 0 spiro atoms. The van der Waals surface area contributed by atoms with Crippen LogP contribution in [0.3, 0.4) is 0 Å². The van der Waals surface area contributed by atoms with E-state index in [4.69, 9.17) is 9.47 Å². The molecule has 3 aromatic rings. The molecule has 0 aromatic heterocycles. The third-order valence-electron chi connectivity index (χ3n) is 6.09. The molecule has 0 atom stereocenters. The summed E-state index contributed by atoms with van der Waals surface area (Å²) in [4.78, 5) is 51.6.